The van der Waals surface area contributed by atoms with Gasteiger partial charge in [-0.2, -0.15) is 13.2 Å². The minimum atomic E-state index is -4.24. The smallest absolute Gasteiger partial charge is 0.368 e. The molecule has 0 fully saturated rings. The Morgan fingerprint density at radius 1 is 1.20 bits per heavy atom. The Morgan fingerprint density at radius 2 is 1.80 bits per heavy atom. The minimum Gasteiger partial charge on any atom is -0.368 e. The first kappa shape index (κ1) is 12.3. The average molecular weight is 221 g/mol. The number of halogens is 3. The van der Waals surface area contributed by atoms with Crippen LogP contribution in [0.1, 0.15) is 12.8 Å². The Hall–Kier alpha value is -0.810. The molecular weight excluding hydrogens is 207 g/mol. The van der Waals surface area contributed by atoms with Crippen LogP contribution in [0.15, 0.2) is 23.3 Å². The van der Waals surface area contributed by atoms with Crippen molar-refractivity contribution in [1.82, 2.24) is 0 Å². The Kier molecular flexibility index (Phi) is 4.35. The lowest BCUT2D eigenvalue weighted by Crippen LogP contribution is -2.18. The van der Waals surface area contributed by atoms with Crippen molar-refractivity contribution in [2.45, 2.75) is 19.0 Å². The van der Waals surface area contributed by atoms with E-state index in [9.17, 15) is 13.2 Å². The van der Waals surface area contributed by atoms with Crippen LogP contribution in [0.3, 0.4) is 0 Å². The molecule has 2 N–H and O–H groups in total. The van der Waals surface area contributed by atoms with E-state index in [0.717, 1.165) is 24.0 Å². The van der Waals surface area contributed by atoms with Crippen LogP contribution in [0.25, 0.3) is 0 Å². The summed E-state index contributed by atoms with van der Waals surface area (Å²) in [5.41, 5.74) is 7.43. The fourth-order valence-electron chi connectivity index (χ4n) is 1.31. The van der Waals surface area contributed by atoms with Gasteiger partial charge in [0.25, 0.3) is 0 Å². The number of rotatable bonds is 4. The van der Waals surface area contributed by atoms with Gasteiger partial charge in [0.2, 0.25) is 0 Å². The van der Waals surface area contributed by atoms with Gasteiger partial charge in [-0.05, 0) is 18.4 Å². The van der Waals surface area contributed by atoms with Crippen LogP contribution in [-0.4, -0.2) is 25.9 Å². The molecular formula is C10H14F3NO. The van der Waals surface area contributed by atoms with Gasteiger partial charge in [-0.15, -0.1) is 0 Å². The van der Waals surface area contributed by atoms with Crippen molar-refractivity contribution in [1.29, 1.82) is 0 Å². The second-order valence-corrected chi connectivity index (χ2v) is 3.46. The molecule has 2 nitrogen and oxygen atoms in total. The van der Waals surface area contributed by atoms with Gasteiger partial charge in [0, 0.05) is 6.54 Å². The molecule has 0 aromatic heterocycles. The molecule has 0 aliphatic heterocycles. The molecule has 0 radical (unpaired) electrons. The summed E-state index contributed by atoms with van der Waals surface area (Å²) in [6.07, 6.45) is 0.962. The predicted octanol–water partition coefficient (Wildman–Crippen LogP) is 2.17. The van der Waals surface area contributed by atoms with Gasteiger partial charge < -0.3 is 10.5 Å². The van der Waals surface area contributed by atoms with E-state index < -0.39 is 12.8 Å². The molecule has 0 aromatic rings. The highest BCUT2D eigenvalue weighted by Crippen LogP contribution is 2.19. The number of alkyl halides is 3. The molecule has 1 rings (SSSR count). The topological polar surface area (TPSA) is 35.2 Å². The summed E-state index contributed by atoms with van der Waals surface area (Å²) in [6.45, 7) is -0.626. The largest absolute Gasteiger partial charge is 0.411 e. The second-order valence-electron chi connectivity index (χ2n) is 3.46. The summed E-state index contributed by atoms with van der Waals surface area (Å²) in [7, 11) is 0. The number of nitrogens with two attached hydrogens (primary N) is 1. The van der Waals surface area contributed by atoms with E-state index in [1.807, 2.05) is 6.08 Å². The van der Waals surface area contributed by atoms with Crippen LogP contribution in [0.5, 0.6) is 0 Å². The van der Waals surface area contributed by atoms with E-state index in [1.54, 1.807) is 6.08 Å². The van der Waals surface area contributed by atoms with E-state index in [0.29, 0.717) is 6.54 Å². The van der Waals surface area contributed by atoms with Crippen molar-refractivity contribution in [3.05, 3.63) is 23.3 Å². The van der Waals surface area contributed by atoms with Crippen LogP contribution >= 0.6 is 0 Å². The Labute approximate surface area is 86.6 Å². The Balaban J connectivity index is 2.29. The van der Waals surface area contributed by atoms with E-state index >= 15 is 0 Å². The standard InChI is InChI=1S/C10H14F3NO/c11-10(12,13)7-15-6-9-3-1-8(5-14)2-4-9/h1,3H,2,4-7,14H2. The Morgan fingerprint density at radius 3 is 2.27 bits per heavy atom. The zero-order valence-electron chi connectivity index (χ0n) is 8.31. The van der Waals surface area contributed by atoms with Crippen molar-refractivity contribution in [2.75, 3.05) is 19.8 Å². The lowest BCUT2D eigenvalue weighted by atomic mass is 9.99. The number of hydrogen-bond donors (Lipinski definition) is 1. The van der Waals surface area contributed by atoms with Gasteiger partial charge in [-0.1, -0.05) is 17.7 Å². The third-order valence-electron chi connectivity index (χ3n) is 2.14. The summed E-state index contributed by atoms with van der Waals surface area (Å²) in [5, 5.41) is 0. The van der Waals surface area contributed by atoms with Gasteiger partial charge in [0.15, 0.2) is 0 Å². The van der Waals surface area contributed by atoms with Gasteiger partial charge in [-0.3, -0.25) is 0 Å². The number of ether oxygens (including phenoxy) is 1. The van der Waals surface area contributed by atoms with Crippen LogP contribution in [0, 0.1) is 0 Å². The van der Waals surface area contributed by atoms with Gasteiger partial charge in [0.05, 0.1) is 6.61 Å². The lowest BCUT2D eigenvalue weighted by molar-refractivity contribution is -0.171. The molecule has 0 heterocycles. The summed E-state index contributed by atoms with van der Waals surface area (Å²) in [4.78, 5) is 0. The molecule has 86 valence electrons. The van der Waals surface area contributed by atoms with Crippen LogP contribution in [0.2, 0.25) is 0 Å². The molecule has 0 unspecified atom stereocenters. The highest BCUT2D eigenvalue weighted by Gasteiger charge is 2.27. The molecule has 0 atom stereocenters. The Bertz CT molecular complexity index is 268. The summed E-state index contributed by atoms with van der Waals surface area (Å²) in [5.74, 6) is 0. The first-order valence-corrected chi connectivity index (χ1v) is 4.73. The maximum Gasteiger partial charge on any atom is 0.411 e. The van der Waals surface area contributed by atoms with Gasteiger partial charge in [0.1, 0.15) is 6.61 Å². The third-order valence-corrected chi connectivity index (χ3v) is 2.14. The molecule has 0 spiro atoms. The molecule has 0 amide bonds. The third kappa shape index (κ3) is 4.99. The molecule has 0 bridgehead atoms. The van der Waals surface area contributed by atoms with E-state index in [2.05, 4.69) is 4.74 Å². The average Bonchev–Trinajstić information content (AvgIpc) is 2.17. The minimum absolute atomic E-state index is 0.0495. The number of allylic oxidation sites excluding steroid dienone is 2. The lowest BCUT2D eigenvalue weighted by Gasteiger charge is -2.14. The highest BCUT2D eigenvalue weighted by atomic mass is 19.4. The van der Waals surface area contributed by atoms with Crippen molar-refractivity contribution >= 4 is 0 Å². The molecule has 0 saturated heterocycles. The molecule has 1 aliphatic carbocycles. The van der Waals surface area contributed by atoms with Gasteiger partial charge in [-0.25, -0.2) is 0 Å². The van der Waals surface area contributed by atoms with E-state index in [4.69, 9.17) is 5.73 Å². The fraction of sp³-hybridized carbons (Fsp3) is 0.600. The zero-order valence-corrected chi connectivity index (χ0v) is 8.31. The maximum absolute atomic E-state index is 11.8. The van der Waals surface area contributed by atoms with Crippen LogP contribution in [0.4, 0.5) is 13.2 Å². The summed E-state index contributed by atoms with van der Waals surface area (Å²) in [6, 6.07) is 0. The molecule has 5 heteroatoms. The fourth-order valence-corrected chi connectivity index (χ4v) is 1.31. The second kappa shape index (κ2) is 5.32. The monoisotopic (exact) mass is 221 g/mol. The molecule has 0 saturated carbocycles. The highest BCUT2D eigenvalue weighted by molar-refractivity contribution is 5.24. The van der Waals surface area contributed by atoms with Gasteiger partial charge >= 0.3 is 6.18 Å². The SMILES string of the molecule is NCC1=CC=C(COCC(F)(F)F)CC1. The van der Waals surface area contributed by atoms with E-state index in [1.165, 1.54) is 0 Å². The van der Waals surface area contributed by atoms with Crippen LogP contribution in [-0.2, 0) is 4.74 Å². The van der Waals surface area contributed by atoms with E-state index in [-0.39, 0.29) is 6.61 Å². The summed E-state index contributed by atoms with van der Waals surface area (Å²) >= 11 is 0. The zero-order chi connectivity index (χ0) is 11.3. The van der Waals surface area contributed by atoms with Crippen molar-refractivity contribution in [2.24, 2.45) is 5.73 Å². The molecule has 15 heavy (non-hydrogen) atoms. The van der Waals surface area contributed by atoms with Crippen molar-refractivity contribution in [3.8, 4) is 0 Å². The number of hydrogen-bond acceptors (Lipinski definition) is 2. The van der Waals surface area contributed by atoms with Crippen molar-refractivity contribution in [3.63, 3.8) is 0 Å². The summed E-state index contributed by atoms with van der Waals surface area (Å²) < 4.78 is 39.8. The predicted molar refractivity (Wildman–Crippen MR) is 51.3 cm³/mol. The normalized spacial score (nSPS) is 17.3. The molecule has 1 aliphatic rings. The molecule has 0 aromatic carbocycles. The first-order chi connectivity index (χ1) is 7.01. The van der Waals surface area contributed by atoms with Crippen molar-refractivity contribution < 1.29 is 17.9 Å². The quantitative estimate of drug-likeness (QED) is 0.789. The first-order valence-electron chi connectivity index (χ1n) is 4.73. The maximum atomic E-state index is 11.8. The van der Waals surface area contributed by atoms with Crippen LogP contribution < -0.4 is 5.73 Å².